The van der Waals surface area contributed by atoms with E-state index in [4.69, 9.17) is 0 Å². The second-order valence-corrected chi connectivity index (χ2v) is 5.34. The maximum Gasteiger partial charge on any atom is 0.423 e. The molecule has 5 nitrogen and oxygen atoms in total. The highest BCUT2D eigenvalue weighted by Crippen LogP contribution is 2.37. The Hall–Kier alpha value is -1.83. The predicted molar refractivity (Wildman–Crippen MR) is 76.9 cm³/mol. The average molecular weight is 317 g/mol. The Bertz CT molecular complexity index is 541. The first kappa shape index (κ1) is 16.5. The van der Waals surface area contributed by atoms with Crippen LogP contribution in [-0.4, -0.2) is 35.5 Å². The molecule has 1 saturated heterocycles. The Balaban J connectivity index is 2.14. The zero-order valence-electron chi connectivity index (χ0n) is 12.2. The number of nitrogens with zero attached hydrogens (tertiary/aromatic N) is 2. The van der Waals surface area contributed by atoms with Gasteiger partial charge in [0.15, 0.2) is 0 Å². The minimum absolute atomic E-state index is 0.0883. The fourth-order valence-electron chi connectivity index (χ4n) is 2.64. The number of hydrogen-bond donors (Lipinski definition) is 1. The average Bonchev–Trinajstić information content (AvgIpc) is 2.47. The number of nitro benzene ring substituents is 1. The molecule has 2 rings (SSSR count). The molecule has 1 N–H and O–H groups in total. The summed E-state index contributed by atoms with van der Waals surface area (Å²) < 4.78 is 38.8. The topological polar surface area (TPSA) is 58.4 Å². The van der Waals surface area contributed by atoms with Gasteiger partial charge in [-0.2, -0.15) is 13.2 Å². The van der Waals surface area contributed by atoms with Crippen molar-refractivity contribution < 1.29 is 18.1 Å². The molecule has 8 heteroatoms. The number of nitrogens with one attached hydrogen (secondary N) is 1. The van der Waals surface area contributed by atoms with Gasteiger partial charge in [0.05, 0.1) is 4.92 Å². The zero-order chi connectivity index (χ0) is 16.3. The highest BCUT2D eigenvalue weighted by Gasteiger charge is 2.38. The number of likely N-dealkylation sites (tertiary alicyclic amines) is 1. The van der Waals surface area contributed by atoms with Crippen LogP contribution in [0.2, 0.25) is 0 Å². The summed E-state index contributed by atoms with van der Waals surface area (Å²) in [6, 6.07) is 3.15. The van der Waals surface area contributed by atoms with Crippen molar-refractivity contribution in [2.45, 2.75) is 32.0 Å². The molecule has 0 radical (unpaired) electrons. The van der Waals surface area contributed by atoms with Gasteiger partial charge in [-0.25, -0.2) is 0 Å². The first-order valence-electron chi connectivity index (χ1n) is 7.15. The van der Waals surface area contributed by atoms with Gasteiger partial charge in [0.25, 0.3) is 5.69 Å². The van der Waals surface area contributed by atoms with Crippen molar-refractivity contribution in [2.24, 2.45) is 0 Å². The Kier molecular flexibility index (Phi) is 4.90. The van der Waals surface area contributed by atoms with E-state index in [1.54, 1.807) is 0 Å². The third kappa shape index (κ3) is 3.88. The van der Waals surface area contributed by atoms with Crippen molar-refractivity contribution in [3.8, 4) is 0 Å². The highest BCUT2D eigenvalue weighted by atomic mass is 19.4. The molecule has 1 fully saturated rings. The third-order valence-electron chi connectivity index (χ3n) is 3.90. The summed E-state index contributed by atoms with van der Waals surface area (Å²) in [5, 5.41) is 13.8. The second kappa shape index (κ2) is 6.51. The Morgan fingerprint density at radius 2 is 2.00 bits per heavy atom. The zero-order valence-corrected chi connectivity index (χ0v) is 12.2. The monoisotopic (exact) mass is 317 g/mol. The van der Waals surface area contributed by atoms with Crippen LogP contribution in [-0.2, 0) is 6.18 Å². The molecule has 122 valence electrons. The summed E-state index contributed by atoms with van der Waals surface area (Å²) in [6.07, 6.45) is -3.07. The summed E-state index contributed by atoms with van der Waals surface area (Å²) in [5.41, 5.74) is -1.86. The summed E-state index contributed by atoms with van der Waals surface area (Å²) >= 11 is 0. The molecule has 0 bridgehead atoms. The molecule has 22 heavy (non-hydrogen) atoms. The number of hydrogen-bond acceptors (Lipinski definition) is 4. The first-order valence-corrected chi connectivity index (χ1v) is 7.15. The number of rotatable bonds is 4. The van der Waals surface area contributed by atoms with Gasteiger partial charge >= 0.3 is 6.18 Å². The molecule has 1 heterocycles. The highest BCUT2D eigenvalue weighted by molar-refractivity contribution is 5.55. The molecule has 1 aromatic carbocycles. The van der Waals surface area contributed by atoms with Gasteiger partial charge in [-0.3, -0.25) is 10.1 Å². The number of piperidine rings is 1. The van der Waals surface area contributed by atoms with E-state index in [2.05, 4.69) is 17.1 Å². The number of benzene rings is 1. The first-order chi connectivity index (χ1) is 10.3. The standard InChI is InChI=1S/C14H18F3N3O2/c1-2-19-7-5-10(6-8-19)18-11-3-4-13(20(21)22)12(9-11)14(15,16)17/h3-4,9-10,18H,2,5-8H2,1H3. The van der Waals surface area contributed by atoms with Crippen LogP contribution in [0.15, 0.2) is 18.2 Å². The van der Waals surface area contributed by atoms with Gasteiger partial charge in [-0.1, -0.05) is 6.92 Å². The lowest BCUT2D eigenvalue weighted by atomic mass is 10.0. The molecule has 1 aromatic rings. The van der Waals surface area contributed by atoms with Gasteiger partial charge in [0.2, 0.25) is 0 Å². The van der Waals surface area contributed by atoms with Crippen LogP contribution in [0.4, 0.5) is 24.5 Å². The molecular weight excluding hydrogens is 299 g/mol. The fraction of sp³-hybridized carbons (Fsp3) is 0.571. The lowest BCUT2D eigenvalue weighted by molar-refractivity contribution is -0.388. The quantitative estimate of drug-likeness (QED) is 0.682. The molecule has 0 amide bonds. The Morgan fingerprint density at radius 1 is 1.36 bits per heavy atom. The van der Waals surface area contributed by atoms with E-state index in [0.29, 0.717) is 0 Å². The summed E-state index contributed by atoms with van der Waals surface area (Å²) in [7, 11) is 0. The summed E-state index contributed by atoms with van der Waals surface area (Å²) in [4.78, 5) is 12.0. The summed E-state index contributed by atoms with van der Waals surface area (Å²) in [6.45, 7) is 4.82. The van der Waals surface area contributed by atoms with E-state index in [-0.39, 0.29) is 11.7 Å². The lowest BCUT2D eigenvalue weighted by Gasteiger charge is -2.32. The van der Waals surface area contributed by atoms with Gasteiger partial charge in [0, 0.05) is 30.9 Å². The third-order valence-corrected chi connectivity index (χ3v) is 3.90. The van der Waals surface area contributed by atoms with Crippen molar-refractivity contribution in [2.75, 3.05) is 25.0 Å². The molecule has 0 aliphatic carbocycles. The molecule has 1 aliphatic heterocycles. The van der Waals surface area contributed by atoms with E-state index >= 15 is 0 Å². The van der Waals surface area contributed by atoms with Crippen LogP contribution in [0.3, 0.4) is 0 Å². The van der Waals surface area contributed by atoms with Gasteiger partial charge in [-0.15, -0.1) is 0 Å². The van der Waals surface area contributed by atoms with Crippen LogP contribution in [0, 0.1) is 10.1 Å². The predicted octanol–water partition coefficient (Wildman–Crippen LogP) is 3.51. The van der Waals surface area contributed by atoms with Gasteiger partial charge in [0.1, 0.15) is 5.56 Å². The van der Waals surface area contributed by atoms with E-state index < -0.39 is 22.4 Å². The minimum Gasteiger partial charge on any atom is -0.382 e. The number of halogens is 3. The maximum atomic E-state index is 12.9. The van der Waals surface area contributed by atoms with Crippen LogP contribution in [0.1, 0.15) is 25.3 Å². The normalized spacial score (nSPS) is 17.5. The van der Waals surface area contributed by atoms with Gasteiger partial charge < -0.3 is 10.2 Å². The Morgan fingerprint density at radius 3 is 2.50 bits per heavy atom. The maximum absolute atomic E-state index is 12.9. The molecule has 0 atom stereocenters. The van der Waals surface area contributed by atoms with Crippen molar-refractivity contribution >= 4 is 11.4 Å². The number of nitro groups is 1. The molecular formula is C14H18F3N3O2. The lowest BCUT2D eigenvalue weighted by Crippen LogP contribution is -2.38. The van der Waals surface area contributed by atoms with E-state index in [0.717, 1.165) is 44.6 Å². The van der Waals surface area contributed by atoms with Crippen LogP contribution < -0.4 is 5.32 Å². The molecule has 0 aromatic heterocycles. The number of alkyl halides is 3. The Labute approximate surface area is 126 Å². The van der Waals surface area contributed by atoms with Crippen molar-refractivity contribution in [1.82, 2.24) is 4.90 Å². The van der Waals surface area contributed by atoms with Crippen molar-refractivity contribution in [3.05, 3.63) is 33.9 Å². The van der Waals surface area contributed by atoms with Crippen LogP contribution >= 0.6 is 0 Å². The summed E-state index contributed by atoms with van der Waals surface area (Å²) in [5.74, 6) is 0. The fourth-order valence-corrected chi connectivity index (χ4v) is 2.64. The second-order valence-electron chi connectivity index (χ2n) is 5.34. The minimum atomic E-state index is -4.74. The van der Waals surface area contributed by atoms with E-state index in [1.165, 1.54) is 6.07 Å². The van der Waals surface area contributed by atoms with E-state index in [9.17, 15) is 23.3 Å². The smallest absolute Gasteiger partial charge is 0.382 e. The molecule has 0 unspecified atom stereocenters. The molecule has 1 aliphatic rings. The largest absolute Gasteiger partial charge is 0.423 e. The van der Waals surface area contributed by atoms with Crippen LogP contribution in [0.5, 0.6) is 0 Å². The SMILES string of the molecule is CCN1CCC(Nc2ccc([N+](=O)[O-])c(C(F)(F)F)c2)CC1. The molecule has 0 spiro atoms. The van der Waals surface area contributed by atoms with Gasteiger partial charge in [-0.05, 0) is 31.5 Å². The van der Waals surface area contributed by atoms with Crippen molar-refractivity contribution in [1.29, 1.82) is 0 Å². The van der Waals surface area contributed by atoms with Crippen LogP contribution in [0.25, 0.3) is 0 Å². The number of anilines is 1. The van der Waals surface area contributed by atoms with E-state index in [1.807, 2.05) is 0 Å². The van der Waals surface area contributed by atoms with Crippen molar-refractivity contribution in [3.63, 3.8) is 0 Å². The molecule has 0 saturated carbocycles.